The lowest BCUT2D eigenvalue weighted by molar-refractivity contribution is 0.337. The lowest BCUT2D eigenvalue weighted by Crippen LogP contribution is -2.10. The van der Waals surface area contributed by atoms with E-state index < -0.39 is 0 Å². The van der Waals surface area contributed by atoms with Gasteiger partial charge in [0.25, 0.3) is 0 Å². The zero-order chi connectivity index (χ0) is 9.14. The van der Waals surface area contributed by atoms with E-state index in [-0.39, 0.29) is 5.82 Å². The molecular weight excluding hydrogens is 154 g/mol. The molecule has 1 aromatic rings. The molecule has 0 amide bonds. The number of aryl methyl sites for hydroxylation is 1. The van der Waals surface area contributed by atoms with E-state index in [2.05, 4.69) is 0 Å². The van der Waals surface area contributed by atoms with Crippen LogP contribution in [0.3, 0.4) is 0 Å². The zero-order valence-electron chi connectivity index (χ0n) is 7.65. The van der Waals surface area contributed by atoms with E-state index in [4.69, 9.17) is 4.74 Å². The van der Waals surface area contributed by atoms with E-state index >= 15 is 0 Å². The van der Waals surface area contributed by atoms with Crippen molar-refractivity contribution in [3.05, 3.63) is 23.5 Å². The molecule has 1 nitrogen and oxygen atoms in total. The zero-order valence-corrected chi connectivity index (χ0v) is 7.65. The minimum atomic E-state index is -0.170. The predicted octanol–water partition coefficient (Wildman–Crippen LogP) is 0.791. The van der Waals surface area contributed by atoms with Gasteiger partial charge in [0.15, 0.2) is 0 Å². The minimum absolute atomic E-state index is 0.170. The average molecular weight is 166 g/mol. The van der Waals surface area contributed by atoms with Crippen molar-refractivity contribution in [3.8, 4) is 5.75 Å². The van der Waals surface area contributed by atoms with Gasteiger partial charge in [-0.2, -0.15) is 0 Å². The molecule has 0 aliphatic heterocycles. The van der Waals surface area contributed by atoms with Crippen LogP contribution in [0.15, 0.2) is 12.1 Å². The molecule has 3 heteroatoms. The monoisotopic (exact) mass is 166 g/mol. The van der Waals surface area contributed by atoms with Crippen LogP contribution in [0.4, 0.5) is 4.39 Å². The highest BCUT2D eigenvalue weighted by Gasteiger charge is 2.03. The maximum Gasteiger partial charge on any atom is 0.143 e. The van der Waals surface area contributed by atoms with Crippen molar-refractivity contribution in [3.63, 3.8) is 0 Å². The molecule has 0 fully saturated rings. The van der Waals surface area contributed by atoms with E-state index in [0.29, 0.717) is 12.1 Å². The topological polar surface area (TPSA) is 9.23 Å². The summed E-state index contributed by atoms with van der Waals surface area (Å²) in [5.74, 6) is 0.604. The smallest absolute Gasteiger partial charge is 0.143 e. The van der Waals surface area contributed by atoms with Gasteiger partial charge in [-0.3, -0.25) is 0 Å². The van der Waals surface area contributed by atoms with Crippen LogP contribution in [0.1, 0.15) is 12.5 Å². The second kappa shape index (κ2) is 3.61. The highest BCUT2D eigenvalue weighted by Crippen LogP contribution is 2.16. The molecular formula is C9H12BFO. The van der Waals surface area contributed by atoms with Crippen LogP contribution < -0.4 is 10.2 Å². The first-order chi connectivity index (χ1) is 5.65. The Morgan fingerprint density at radius 3 is 2.75 bits per heavy atom. The quantitative estimate of drug-likeness (QED) is 0.590. The summed E-state index contributed by atoms with van der Waals surface area (Å²) >= 11 is 0. The Labute approximate surface area is 73.0 Å². The van der Waals surface area contributed by atoms with Crippen LogP contribution >= 0.6 is 0 Å². The van der Waals surface area contributed by atoms with Crippen LogP contribution in [0.25, 0.3) is 0 Å². The summed E-state index contributed by atoms with van der Waals surface area (Å²) in [7, 11) is 1.73. The Morgan fingerprint density at radius 2 is 2.17 bits per heavy atom. The molecule has 0 saturated carbocycles. The molecule has 0 aliphatic rings. The maximum absolute atomic E-state index is 12.9. The molecule has 0 N–H and O–H groups in total. The molecule has 1 aromatic carbocycles. The number of ether oxygens (including phenoxy) is 1. The lowest BCUT2D eigenvalue weighted by atomic mass is 9.94. The van der Waals surface area contributed by atoms with Gasteiger partial charge < -0.3 is 4.74 Å². The molecule has 12 heavy (non-hydrogen) atoms. The summed E-state index contributed by atoms with van der Waals surface area (Å²) in [6.07, 6.45) is 0. The predicted molar refractivity (Wildman–Crippen MR) is 50.5 cm³/mol. The van der Waals surface area contributed by atoms with E-state index in [0.717, 1.165) is 11.3 Å². The normalized spacial score (nSPS) is 9.92. The molecule has 0 spiro atoms. The van der Waals surface area contributed by atoms with E-state index in [1.165, 1.54) is 6.07 Å². The first kappa shape index (κ1) is 9.11. The molecule has 0 aliphatic carbocycles. The van der Waals surface area contributed by atoms with Crippen LogP contribution in [-0.2, 0) is 0 Å². The summed E-state index contributed by atoms with van der Waals surface area (Å²) in [5.41, 5.74) is 1.48. The van der Waals surface area contributed by atoms with Crippen molar-refractivity contribution < 1.29 is 9.13 Å². The molecule has 0 atom stereocenters. The summed E-state index contributed by atoms with van der Waals surface area (Å²) < 4.78 is 18.3. The van der Waals surface area contributed by atoms with Gasteiger partial charge in [-0.15, -0.1) is 0 Å². The molecule has 0 radical (unpaired) electrons. The standard InChI is InChI=1S/C9H12BFO/c1-3-12-9-5-7(10)8(11)4-6(9)2/h4-5H,3,10H2,1-2H3. The number of halogens is 1. The number of hydrogen-bond donors (Lipinski definition) is 0. The third kappa shape index (κ3) is 1.78. The average Bonchev–Trinajstić information content (AvgIpc) is 2.01. The van der Waals surface area contributed by atoms with Gasteiger partial charge in [-0.1, -0.05) is 5.46 Å². The van der Waals surface area contributed by atoms with Gasteiger partial charge >= 0.3 is 0 Å². The van der Waals surface area contributed by atoms with Crippen molar-refractivity contribution >= 4 is 13.3 Å². The van der Waals surface area contributed by atoms with Gasteiger partial charge in [0, 0.05) is 0 Å². The highest BCUT2D eigenvalue weighted by molar-refractivity contribution is 6.32. The van der Waals surface area contributed by atoms with Gasteiger partial charge in [0.1, 0.15) is 19.4 Å². The van der Waals surface area contributed by atoms with Crippen molar-refractivity contribution in [2.75, 3.05) is 6.61 Å². The first-order valence-corrected chi connectivity index (χ1v) is 4.04. The van der Waals surface area contributed by atoms with E-state index in [9.17, 15) is 4.39 Å². The number of hydrogen-bond acceptors (Lipinski definition) is 1. The molecule has 0 unspecified atom stereocenters. The Morgan fingerprint density at radius 1 is 1.50 bits per heavy atom. The fourth-order valence-corrected chi connectivity index (χ4v) is 1.07. The second-order valence-electron chi connectivity index (χ2n) is 2.80. The Hall–Kier alpha value is -0.985. The minimum Gasteiger partial charge on any atom is -0.494 e. The molecule has 64 valence electrons. The molecule has 0 aromatic heterocycles. The fourth-order valence-electron chi connectivity index (χ4n) is 1.07. The SMILES string of the molecule is Bc1cc(OCC)c(C)cc1F. The van der Waals surface area contributed by atoms with Gasteiger partial charge in [-0.25, -0.2) is 4.39 Å². The van der Waals surface area contributed by atoms with Crippen LogP contribution in [-0.4, -0.2) is 14.5 Å². The molecule has 1 rings (SSSR count). The van der Waals surface area contributed by atoms with Crippen molar-refractivity contribution in [1.29, 1.82) is 0 Å². The third-order valence-electron chi connectivity index (χ3n) is 1.76. The Bertz CT molecular complexity index is 286. The summed E-state index contributed by atoms with van der Waals surface area (Å²) in [6, 6.07) is 3.23. The van der Waals surface area contributed by atoms with Crippen molar-refractivity contribution in [2.45, 2.75) is 13.8 Å². The van der Waals surface area contributed by atoms with Crippen LogP contribution in [0.5, 0.6) is 5.75 Å². The summed E-state index contributed by atoms with van der Waals surface area (Å²) in [4.78, 5) is 0. The summed E-state index contributed by atoms with van der Waals surface area (Å²) in [6.45, 7) is 4.37. The molecule has 0 bridgehead atoms. The van der Waals surface area contributed by atoms with Gasteiger partial charge in [0.05, 0.1) is 6.61 Å². The van der Waals surface area contributed by atoms with Crippen molar-refractivity contribution in [2.24, 2.45) is 0 Å². The Kier molecular flexibility index (Phi) is 2.74. The van der Waals surface area contributed by atoms with Crippen LogP contribution in [0.2, 0.25) is 0 Å². The van der Waals surface area contributed by atoms with Crippen LogP contribution in [0, 0.1) is 12.7 Å². The largest absolute Gasteiger partial charge is 0.494 e. The van der Waals surface area contributed by atoms with E-state index in [1.807, 2.05) is 13.8 Å². The van der Waals surface area contributed by atoms with Gasteiger partial charge in [0.2, 0.25) is 0 Å². The summed E-state index contributed by atoms with van der Waals surface area (Å²) in [5, 5.41) is 0. The lowest BCUT2D eigenvalue weighted by Gasteiger charge is -2.08. The maximum atomic E-state index is 12.9. The Balaban J connectivity index is 3.05. The number of rotatable bonds is 2. The van der Waals surface area contributed by atoms with Gasteiger partial charge in [-0.05, 0) is 31.5 Å². The molecule has 0 heterocycles. The third-order valence-corrected chi connectivity index (χ3v) is 1.76. The van der Waals surface area contributed by atoms with Crippen molar-refractivity contribution in [1.82, 2.24) is 0 Å². The first-order valence-electron chi connectivity index (χ1n) is 4.04. The second-order valence-corrected chi connectivity index (χ2v) is 2.80. The molecule has 0 saturated heterocycles. The number of benzene rings is 1. The fraction of sp³-hybridized carbons (Fsp3) is 0.333. The van der Waals surface area contributed by atoms with E-state index in [1.54, 1.807) is 13.9 Å². The highest BCUT2D eigenvalue weighted by atomic mass is 19.1.